The van der Waals surface area contributed by atoms with E-state index in [4.69, 9.17) is 14.5 Å². The van der Waals surface area contributed by atoms with E-state index in [0.29, 0.717) is 29.7 Å². The van der Waals surface area contributed by atoms with Crippen LogP contribution in [0.4, 0.5) is 26.3 Å². The number of rotatable bonds is 8. The van der Waals surface area contributed by atoms with Crippen LogP contribution in [-0.2, 0) is 23.9 Å². The summed E-state index contributed by atoms with van der Waals surface area (Å²) in [4.78, 5) is 5.26. The molecule has 1 saturated carbocycles. The van der Waals surface area contributed by atoms with Gasteiger partial charge in [0.05, 0.1) is 31.1 Å². The molecule has 2 aliphatic carbocycles. The number of nitrogens with zero attached hydrogens (tertiary/aromatic N) is 1. The molecule has 3 aliphatic rings. The smallest absolute Gasteiger partial charge is 0.416 e. The lowest BCUT2D eigenvalue weighted by atomic mass is 9.68. The molecule has 1 N–H and O–H groups in total. The first-order valence-electron chi connectivity index (χ1n) is 17.0. The highest BCUT2D eigenvalue weighted by Gasteiger charge is 2.44. The molecule has 0 bridgehead atoms. The van der Waals surface area contributed by atoms with E-state index < -0.39 is 29.9 Å². The molecule has 48 heavy (non-hydrogen) atoms. The van der Waals surface area contributed by atoms with Crippen LogP contribution in [0, 0.1) is 5.41 Å². The summed E-state index contributed by atoms with van der Waals surface area (Å²) in [6.07, 6.45) is -4.39. The van der Waals surface area contributed by atoms with Gasteiger partial charge in [-0.3, -0.25) is 4.98 Å². The van der Waals surface area contributed by atoms with Gasteiger partial charge in [0.2, 0.25) is 5.92 Å². The van der Waals surface area contributed by atoms with Gasteiger partial charge in [-0.15, -0.1) is 0 Å². The standard InChI is InChI=1S/C38H44F6N2O2/c1-36(2)20-29-32(30(21-36)48-22-23-4-10-28(47-3)11-5-23)31(24-12-16-37(40,41)17-13-24)33(35(46-29)26-14-18-45-19-15-26)34(39)25-6-8-27(9-7-25)38(42,43)44/h4-11,24,26,30,34,45H,12-22H2,1-3H3/t30-,34?/m0/s1. The van der Waals surface area contributed by atoms with Crippen molar-refractivity contribution in [2.45, 2.75) is 108 Å². The summed E-state index contributed by atoms with van der Waals surface area (Å²) in [5.41, 5.74) is 3.19. The first kappa shape index (κ1) is 34.7. The number of hydrogen-bond acceptors (Lipinski definition) is 4. The minimum Gasteiger partial charge on any atom is -0.497 e. The van der Waals surface area contributed by atoms with Gasteiger partial charge in [-0.1, -0.05) is 38.1 Å². The van der Waals surface area contributed by atoms with E-state index in [1.165, 1.54) is 12.1 Å². The Morgan fingerprint density at radius 3 is 2.15 bits per heavy atom. The average molecular weight is 675 g/mol. The fourth-order valence-corrected chi connectivity index (χ4v) is 7.84. The highest BCUT2D eigenvalue weighted by atomic mass is 19.4. The molecule has 260 valence electrons. The molecule has 1 aliphatic heterocycles. The lowest BCUT2D eigenvalue weighted by Gasteiger charge is -2.42. The van der Waals surface area contributed by atoms with Crippen LogP contribution in [0.2, 0.25) is 0 Å². The number of halogens is 6. The van der Waals surface area contributed by atoms with Gasteiger partial charge in [-0.2, -0.15) is 13.2 Å². The molecule has 0 radical (unpaired) electrons. The summed E-state index contributed by atoms with van der Waals surface area (Å²) in [7, 11) is 1.60. The number of hydrogen-bond donors (Lipinski definition) is 1. The number of aromatic nitrogens is 1. The molecule has 1 unspecified atom stereocenters. The molecular formula is C38H44F6N2O2. The summed E-state index contributed by atoms with van der Waals surface area (Å²) >= 11 is 0. The molecule has 2 heterocycles. The monoisotopic (exact) mass is 674 g/mol. The largest absolute Gasteiger partial charge is 0.497 e. The van der Waals surface area contributed by atoms with Crippen LogP contribution in [0.5, 0.6) is 5.75 Å². The Morgan fingerprint density at radius 1 is 0.896 bits per heavy atom. The quantitative estimate of drug-likeness (QED) is 0.242. The summed E-state index contributed by atoms with van der Waals surface area (Å²) in [5.74, 6) is -2.52. The van der Waals surface area contributed by atoms with Crippen LogP contribution in [0.15, 0.2) is 48.5 Å². The number of ether oxygens (including phenoxy) is 2. The lowest BCUT2D eigenvalue weighted by molar-refractivity contribution is -0.137. The molecule has 1 aromatic heterocycles. The molecule has 10 heteroatoms. The number of piperidine rings is 1. The highest BCUT2D eigenvalue weighted by Crippen LogP contribution is 2.53. The van der Waals surface area contributed by atoms with Gasteiger partial charge >= 0.3 is 6.18 Å². The van der Waals surface area contributed by atoms with Crippen molar-refractivity contribution in [3.8, 4) is 5.75 Å². The maximum absolute atomic E-state index is 17.3. The van der Waals surface area contributed by atoms with Gasteiger partial charge in [0.15, 0.2) is 6.17 Å². The Morgan fingerprint density at radius 2 is 1.54 bits per heavy atom. The second kappa shape index (κ2) is 13.7. The number of benzene rings is 2. The predicted molar refractivity (Wildman–Crippen MR) is 172 cm³/mol. The van der Waals surface area contributed by atoms with E-state index in [1.54, 1.807) is 7.11 Å². The third-order valence-electron chi connectivity index (χ3n) is 10.4. The Labute approximate surface area is 278 Å². The van der Waals surface area contributed by atoms with Gasteiger partial charge in [-0.05, 0) is 104 Å². The molecule has 2 fully saturated rings. The van der Waals surface area contributed by atoms with Crippen LogP contribution < -0.4 is 10.1 Å². The minimum atomic E-state index is -4.56. The average Bonchev–Trinajstić information content (AvgIpc) is 3.06. The van der Waals surface area contributed by atoms with E-state index in [-0.39, 0.29) is 55.1 Å². The van der Waals surface area contributed by atoms with Crippen molar-refractivity contribution in [1.82, 2.24) is 10.3 Å². The topological polar surface area (TPSA) is 43.4 Å². The maximum atomic E-state index is 17.3. The Balaban J connectivity index is 1.52. The SMILES string of the molecule is COc1ccc(CO[C@H]2CC(C)(C)Cc3nc(C4CCNCC4)c(C(F)c4ccc(C(F)(F)F)cc4)c(C4CCC(F)(F)CC4)c32)cc1. The van der Waals surface area contributed by atoms with Gasteiger partial charge in [0, 0.05) is 35.6 Å². The van der Waals surface area contributed by atoms with Crippen molar-refractivity contribution < 1.29 is 35.8 Å². The third kappa shape index (κ3) is 7.54. The molecule has 1 saturated heterocycles. The third-order valence-corrected chi connectivity index (χ3v) is 10.4. The summed E-state index contributed by atoms with van der Waals surface area (Å²) in [5, 5.41) is 3.35. The normalized spacial score (nSPS) is 22.2. The van der Waals surface area contributed by atoms with Crippen molar-refractivity contribution in [1.29, 1.82) is 0 Å². The molecule has 6 rings (SSSR count). The zero-order valence-corrected chi connectivity index (χ0v) is 27.7. The second-order valence-electron chi connectivity index (χ2n) is 14.5. The fourth-order valence-electron chi connectivity index (χ4n) is 7.84. The molecule has 3 aromatic rings. The van der Waals surface area contributed by atoms with E-state index in [2.05, 4.69) is 19.2 Å². The van der Waals surface area contributed by atoms with Crippen molar-refractivity contribution >= 4 is 0 Å². The zero-order chi connectivity index (χ0) is 34.3. The van der Waals surface area contributed by atoms with Crippen LogP contribution in [0.25, 0.3) is 0 Å². The van der Waals surface area contributed by atoms with Gasteiger partial charge in [-0.25, -0.2) is 13.2 Å². The van der Waals surface area contributed by atoms with Crippen LogP contribution >= 0.6 is 0 Å². The number of fused-ring (bicyclic) bond motifs is 1. The molecule has 0 amide bonds. The highest BCUT2D eigenvalue weighted by molar-refractivity contribution is 5.51. The van der Waals surface area contributed by atoms with E-state index in [1.807, 2.05) is 24.3 Å². The fraction of sp³-hybridized carbons (Fsp3) is 0.553. The lowest BCUT2D eigenvalue weighted by Crippen LogP contribution is -2.34. The number of nitrogens with one attached hydrogen (secondary N) is 1. The maximum Gasteiger partial charge on any atom is 0.416 e. The van der Waals surface area contributed by atoms with Gasteiger partial charge in [0.25, 0.3) is 0 Å². The van der Waals surface area contributed by atoms with E-state index in [9.17, 15) is 22.0 Å². The number of alkyl halides is 6. The van der Waals surface area contributed by atoms with E-state index >= 15 is 4.39 Å². The van der Waals surface area contributed by atoms with Crippen LogP contribution in [0.3, 0.4) is 0 Å². The summed E-state index contributed by atoms with van der Waals surface area (Å²) in [6.45, 7) is 6.03. The van der Waals surface area contributed by atoms with Gasteiger partial charge in [0.1, 0.15) is 5.75 Å². The summed E-state index contributed by atoms with van der Waals surface area (Å²) < 4.78 is 98.8. The molecule has 0 spiro atoms. The van der Waals surface area contributed by atoms with Gasteiger partial charge < -0.3 is 14.8 Å². The predicted octanol–water partition coefficient (Wildman–Crippen LogP) is 10.2. The molecular weight excluding hydrogens is 630 g/mol. The Kier molecular flexibility index (Phi) is 9.88. The number of pyridine rings is 1. The number of methoxy groups -OCH3 is 1. The minimum absolute atomic E-state index is 0.0771. The summed E-state index contributed by atoms with van der Waals surface area (Å²) in [6, 6.07) is 11.7. The van der Waals surface area contributed by atoms with Crippen molar-refractivity contribution in [2.75, 3.05) is 20.2 Å². The molecule has 2 atom stereocenters. The Hall–Kier alpha value is -3.11. The van der Waals surface area contributed by atoms with E-state index in [0.717, 1.165) is 60.6 Å². The van der Waals surface area contributed by atoms with Crippen molar-refractivity contribution in [3.63, 3.8) is 0 Å². The van der Waals surface area contributed by atoms with Crippen molar-refractivity contribution in [2.24, 2.45) is 5.41 Å². The first-order chi connectivity index (χ1) is 22.7. The van der Waals surface area contributed by atoms with Crippen molar-refractivity contribution in [3.05, 3.63) is 93.3 Å². The van der Waals surface area contributed by atoms with Crippen LogP contribution in [-0.4, -0.2) is 31.1 Å². The van der Waals surface area contributed by atoms with Crippen LogP contribution in [0.1, 0.15) is 128 Å². The Bertz CT molecular complexity index is 1560. The zero-order valence-electron chi connectivity index (χ0n) is 27.7. The second-order valence-corrected chi connectivity index (χ2v) is 14.5. The molecule has 4 nitrogen and oxygen atoms in total. The first-order valence-corrected chi connectivity index (χ1v) is 17.0. The molecule has 2 aromatic carbocycles.